The number of hydrogen-bond donors (Lipinski definition) is 1. The van der Waals surface area contributed by atoms with Gasteiger partial charge in [0, 0.05) is 26.7 Å². The average molecular weight is 466 g/mol. The molecule has 0 bridgehead atoms. The first-order valence-electron chi connectivity index (χ1n) is 11.1. The van der Waals surface area contributed by atoms with Crippen molar-refractivity contribution in [1.82, 2.24) is 14.5 Å². The van der Waals surface area contributed by atoms with E-state index < -0.39 is 0 Å². The summed E-state index contributed by atoms with van der Waals surface area (Å²) in [5, 5.41) is 3.60. The van der Waals surface area contributed by atoms with E-state index in [1.54, 1.807) is 23.2 Å². The summed E-state index contributed by atoms with van der Waals surface area (Å²) < 4.78 is 9.30. The molecule has 33 heavy (non-hydrogen) atoms. The van der Waals surface area contributed by atoms with Crippen LogP contribution in [0.15, 0.2) is 77.6 Å². The molecular formula is C27H32ClN3O2. The van der Waals surface area contributed by atoms with Crippen molar-refractivity contribution >= 4 is 23.4 Å². The molecule has 0 fully saturated rings. The molecule has 0 aliphatic heterocycles. The summed E-state index contributed by atoms with van der Waals surface area (Å²) in [6, 6.07) is 25.3. The van der Waals surface area contributed by atoms with Crippen molar-refractivity contribution in [3.8, 4) is 5.75 Å². The predicted octanol–water partition coefficient (Wildman–Crippen LogP) is 4.99. The van der Waals surface area contributed by atoms with E-state index in [9.17, 15) is 4.79 Å². The van der Waals surface area contributed by atoms with Gasteiger partial charge in [0.1, 0.15) is 12.4 Å². The predicted molar refractivity (Wildman–Crippen MR) is 137 cm³/mol. The van der Waals surface area contributed by atoms with Gasteiger partial charge in [0.2, 0.25) is 0 Å². The van der Waals surface area contributed by atoms with Crippen LogP contribution in [0.1, 0.15) is 30.0 Å². The van der Waals surface area contributed by atoms with Crippen LogP contribution >= 0.6 is 12.4 Å². The van der Waals surface area contributed by atoms with Gasteiger partial charge in [0.25, 0.3) is 0 Å². The van der Waals surface area contributed by atoms with Gasteiger partial charge in [-0.2, -0.15) is 0 Å². The first-order valence-corrected chi connectivity index (χ1v) is 11.1. The SMILES string of the molecule is CC(CCc1ccccc1)NCc1ccc(OCc2ccc3c(c2)n(C)c(=O)n3C)cc1.Cl. The molecule has 1 heterocycles. The molecule has 1 aromatic heterocycles. The molecule has 6 heteroatoms. The quantitative estimate of drug-likeness (QED) is 0.379. The highest BCUT2D eigenvalue weighted by molar-refractivity contribution is 5.85. The normalized spacial score (nSPS) is 11.8. The fraction of sp³-hybridized carbons (Fsp3) is 0.296. The van der Waals surface area contributed by atoms with E-state index in [0.717, 1.165) is 41.7 Å². The Morgan fingerprint density at radius 3 is 2.24 bits per heavy atom. The van der Waals surface area contributed by atoms with E-state index in [2.05, 4.69) is 54.7 Å². The molecule has 5 nitrogen and oxygen atoms in total. The lowest BCUT2D eigenvalue weighted by molar-refractivity contribution is 0.306. The number of rotatable bonds is 9. The number of imidazole rings is 1. The zero-order chi connectivity index (χ0) is 22.5. The van der Waals surface area contributed by atoms with Crippen LogP contribution in [0.3, 0.4) is 0 Å². The third-order valence-corrected chi connectivity index (χ3v) is 6.03. The number of benzene rings is 3. The fourth-order valence-corrected chi connectivity index (χ4v) is 3.93. The lowest BCUT2D eigenvalue weighted by Gasteiger charge is -2.14. The van der Waals surface area contributed by atoms with Crippen LogP contribution in [-0.4, -0.2) is 15.2 Å². The second-order valence-corrected chi connectivity index (χ2v) is 8.46. The number of halogens is 1. The van der Waals surface area contributed by atoms with Crippen molar-refractivity contribution in [3.63, 3.8) is 0 Å². The Morgan fingerprint density at radius 1 is 0.848 bits per heavy atom. The molecule has 0 aliphatic rings. The zero-order valence-electron chi connectivity index (χ0n) is 19.5. The number of aromatic nitrogens is 2. The monoisotopic (exact) mass is 465 g/mol. The van der Waals surface area contributed by atoms with E-state index in [0.29, 0.717) is 12.6 Å². The van der Waals surface area contributed by atoms with E-state index in [-0.39, 0.29) is 18.1 Å². The number of nitrogens with one attached hydrogen (secondary N) is 1. The number of ether oxygens (including phenoxy) is 1. The van der Waals surface area contributed by atoms with Crippen molar-refractivity contribution in [2.45, 2.75) is 39.0 Å². The van der Waals surface area contributed by atoms with Crippen LogP contribution in [-0.2, 0) is 33.7 Å². The minimum absolute atomic E-state index is 0. The summed E-state index contributed by atoms with van der Waals surface area (Å²) in [4.78, 5) is 12.1. The smallest absolute Gasteiger partial charge is 0.328 e. The van der Waals surface area contributed by atoms with Gasteiger partial charge >= 0.3 is 5.69 Å². The summed E-state index contributed by atoms with van der Waals surface area (Å²) in [6.45, 7) is 3.54. The Bertz CT molecular complexity index is 1230. The van der Waals surface area contributed by atoms with Gasteiger partial charge in [0.15, 0.2) is 0 Å². The first kappa shape index (κ1) is 24.6. The zero-order valence-corrected chi connectivity index (χ0v) is 20.3. The minimum Gasteiger partial charge on any atom is -0.489 e. The van der Waals surface area contributed by atoms with E-state index in [4.69, 9.17) is 4.74 Å². The van der Waals surface area contributed by atoms with Gasteiger partial charge < -0.3 is 10.1 Å². The number of aryl methyl sites for hydroxylation is 3. The largest absolute Gasteiger partial charge is 0.489 e. The number of hydrogen-bond acceptors (Lipinski definition) is 3. The fourth-order valence-electron chi connectivity index (χ4n) is 3.93. The van der Waals surface area contributed by atoms with Crippen LogP contribution < -0.4 is 15.7 Å². The molecule has 1 unspecified atom stereocenters. The Labute approximate surface area is 201 Å². The number of nitrogens with zero attached hydrogens (tertiary/aromatic N) is 2. The lowest BCUT2D eigenvalue weighted by Crippen LogP contribution is -2.25. The number of fused-ring (bicyclic) bond motifs is 1. The van der Waals surface area contributed by atoms with Gasteiger partial charge in [-0.05, 0) is 60.7 Å². The van der Waals surface area contributed by atoms with Gasteiger partial charge in [-0.1, -0.05) is 48.5 Å². The molecule has 1 atom stereocenters. The second-order valence-electron chi connectivity index (χ2n) is 8.46. The summed E-state index contributed by atoms with van der Waals surface area (Å²) in [6.07, 6.45) is 2.20. The Kier molecular flexibility index (Phi) is 8.37. The molecule has 0 spiro atoms. The standard InChI is InChI=1S/C27H31N3O2.ClH/c1-20(9-10-21-7-5-4-6-8-21)28-18-22-11-14-24(15-12-22)32-19-23-13-16-25-26(17-23)30(3)27(31)29(25)2;/h4-8,11-17,20,28H,9-10,18-19H2,1-3H3;1H. The van der Waals surface area contributed by atoms with Crippen LogP contribution in [0, 0.1) is 0 Å². The Hall–Kier alpha value is -3.02. The van der Waals surface area contributed by atoms with Crippen LogP contribution in [0.5, 0.6) is 5.75 Å². The topological polar surface area (TPSA) is 48.2 Å². The highest BCUT2D eigenvalue weighted by atomic mass is 35.5. The summed E-state index contributed by atoms with van der Waals surface area (Å²) >= 11 is 0. The van der Waals surface area contributed by atoms with Crippen LogP contribution in [0.4, 0.5) is 0 Å². The van der Waals surface area contributed by atoms with E-state index in [1.807, 2.05) is 30.3 Å². The molecule has 0 radical (unpaired) electrons. The molecule has 1 N–H and O–H groups in total. The summed E-state index contributed by atoms with van der Waals surface area (Å²) in [5.41, 5.74) is 5.49. The summed E-state index contributed by atoms with van der Waals surface area (Å²) in [5.74, 6) is 0.841. The van der Waals surface area contributed by atoms with Crippen molar-refractivity contribution in [2.75, 3.05) is 0 Å². The first-order chi connectivity index (χ1) is 15.5. The van der Waals surface area contributed by atoms with Gasteiger partial charge in [-0.15, -0.1) is 12.4 Å². The molecular weight excluding hydrogens is 434 g/mol. The maximum Gasteiger partial charge on any atom is 0.328 e. The molecule has 174 valence electrons. The van der Waals surface area contributed by atoms with E-state index in [1.165, 1.54) is 11.1 Å². The molecule has 0 amide bonds. The molecule has 0 saturated carbocycles. The van der Waals surface area contributed by atoms with Crippen LogP contribution in [0.2, 0.25) is 0 Å². The van der Waals surface area contributed by atoms with Crippen molar-refractivity contribution < 1.29 is 4.74 Å². The van der Waals surface area contributed by atoms with Crippen molar-refractivity contribution in [1.29, 1.82) is 0 Å². The second kappa shape index (κ2) is 11.2. The summed E-state index contributed by atoms with van der Waals surface area (Å²) in [7, 11) is 3.59. The average Bonchev–Trinajstić information content (AvgIpc) is 3.05. The van der Waals surface area contributed by atoms with Gasteiger partial charge in [-0.3, -0.25) is 9.13 Å². The molecule has 0 aliphatic carbocycles. The molecule has 3 aromatic carbocycles. The Morgan fingerprint density at radius 2 is 1.52 bits per heavy atom. The highest BCUT2D eigenvalue weighted by Crippen LogP contribution is 2.18. The third kappa shape index (κ3) is 6.06. The Balaban J connectivity index is 0.00000306. The maximum atomic E-state index is 12.1. The van der Waals surface area contributed by atoms with E-state index >= 15 is 0 Å². The van der Waals surface area contributed by atoms with Gasteiger partial charge in [-0.25, -0.2) is 4.79 Å². The van der Waals surface area contributed by atoms with Crippen LogP contribution in [0.25, 0.3) is 11.0 Å². The van der Waals surface area contributed by atoms with Crippen molar-refractivity contribution in [2.24, 2.45) is 14.1 Å². The lowest BCUT2D eigenvalue weighted by atomic mass is 10.1. The maximum absolute atomic E-state index is 12.1. The van der Waals surface area contributed by atoms with Crippen molar-refractivity contribution in [3.05, 3.63) is 100.0 Å². The minimum atomic E-state index is -0.0170. The molecule has 4 rings (SSSR count). The molecule has 4 aromatic rings. The third-order valence-electron chi connectivity index (χ3n) is 6.03. The molecule has 0 saturated heterocycles. The highest BCUT2D eigenvalue weighted by Gasteiger charge is 2.08. The van der Waals surface area contributed by atoms with Gasteiger partial charge in [0.05, 0.1) is 11.0 Å².